The van der Waals surface area contributed by atoms with Gasteiger partial charge in [-0.05, 0) is 55.7 Å². The van der Waals surface area contributed by atoms with Gasteiger partial charge in [0.25, 0.3) is 5.91 Å². The van der Waals surface area contributed by atoms with E-state index in [2.05, 4.69) is 16.6 Å². The molecule has 32 heavy (non-hydrogen) atoms. The second kappa shape index (κ2) is 10.8. The quantitative estimate of drug-likeness (QED) is 0.534. The zero-order valence-electron chi connectivity index (χ0n) is 18.3. The molecule has 1 heterocycles. The molecule has 0 atom stereocenters. The van der Waals surface area contributed by atoms with Gasteiger partial charge in [-0.15, -0.1) is 6.58 Å². The molecule has 0 aliphatic carbocycles. The number of benzene rings is 2. The zero-order chi connectivity index (χ0) is 23.0. The van der Waals surface area contributed by atoms with Crippen molar-refractivity contribution >= 4 is 15.9 Å². The highest BCUT2D eigenvalue weighted by atomic mass is 32.2. The number of hydrogen-bond acceptors (Lipinski definition) is 5. The molecular formula is C24H30N2O5S. The summed E-state index contributed by atoms with van der Waals surface area (Å²) in [7, 11) is -3.71. The standard InChI is InChI=1S/C24H30N2O5S/c1-3-14-26-32(28,29)22-7-5-6-19(17-22)23(27)25-18-24(12-15-30-16-13-24)20-8-10-21(11-9-20)31-4-2/h3,5-11,17,26H,1,4,12-16,18H2,2H3,(H,25,27). The first-order chi connectivity index (χ1) is 15.4. The Morgan fingerprint density at radius 1 is 1.19 bits per heavy atom. The summed E-state index contributed by atoms with van der Waals surface area (Å²) < 4.78 is 38.3. The van der Waals surface area contributed by atoms with Gasteiger partial charge in [-0.2, -0.15) is 0 Å². The van der Waals surface area contributed by atoms with Crippen LogP contribution in [0.3, 0.4) is 0 Å². The van der Waals surface area contributed by atoms with Gasteiger partial charge in [-0.25, -0.2) is 13.1 Å². The Bertz CT molecular complexity index is 1030. The minimum absolute atomic E-state index is 0.0410. The van der Waals surface area contributed by atoms with Gasteiger partial charge in [0.05, 0.1) is 11.5 Å². The molecule has 0 saturated carbocycles. The lowest BCUT2D eigenvalue weighted by molar-refractivity contribution is 0.0487. The molecule has 2 aromatic carbocycles. The van der Waals surface area contributed by atoms with Crippen molar-refractivity contribution in [2.45, 2.75) is 30.1 Å². The summed E-state index contributed by atoms with van der Waals surface area (Å²) in [4.78, 5) is 12.9. The summed E-state index contributed by atoms with van der Waals surface area (Å²) in [5.74, 6) is 0.494. The number of rotatable bonds is 10. The Kier molecular flexibility index (Phi) is 8.06. The molecule has 8 heteroatoms. The fraction of sp³-hybridized carbons (Fsp3) is 0.375. The highest BCUT2D eigenvalue weighted by Gasteiger charge is 2.35. The summed E-state index contributed by atoms with van der Waals surface area (Å²) in [6, 6.07) is 14.0. The topological polar surface area (TPSA) is 93.7 Å². The molecule has 0 spiro atoms. The maximum absolute atomic E-state index is 12.9. The van der Waals surface area contributed by atoms with Crippen LogP contribution < -0.4 is 14.8 Å². The average molecular weight is 459 g/mol. The first kappa shape index (κ1) is 24.0. The van der Waals surface area contributed by atoms with Crippen LogP contribution in [0.25, 0.3) is 0 Å². The molecule has 7 nitrogen and oxygen atoms in total. The summed E-state index contributed by atoms with van der Waals surface area (Å²) in [5, 5.41) is 3.01. The maximum Gasteiger partial charge on any atom is 0.251 e. The molecule has 0 bridgehead atoms. The van der Waals surface area contributed by atoms with E-state index in [4.69, 9.17) is 9.47 Å². The van der Waals surface area contributed by atoms with Gasteiger partial charge in [0.15, 0.2) is 0 Å². The molecule has 1 aliphatic heterocycles. The number of nitrogens with one attached hydrogen (secondary N) is 2. The summed E-state index contributed by atoms with van der Waals surface area (Å²) in [5.41, 5.74) is 1.16. The lowest BCUT2D eigenvalue weighted by Crippen LogP contribution is -2.44. The van der Waals surface area contributed by atoms with Crippen molar-refractivity contribution in [3.63, 3.8) is 0 Å². The monoisotopic (exact) mass is 458 g/mol. The number of carbonyl (C=O) groups is 1. The van der Waals surface area contributed by atoms with E-state index < -0.39 is 10.0 Å². The first-order valence-electron chi connectivity index (χ1n) is 10.7. The summed E-state index contributed by atoms with van der Waals surface area (Å²) >= 11 is 0. The van der Waals surface area contributed by atoms with Crippen molar-refractivity contribution in [1.29, 1.82) is 0 Å². The van der Waals surface area contributed by atoms with Crippen LogP contribution in [0.4, 0.5) is 0 Å². The van der Waals surface area contributed by atoms with E-state index in [-0.39, 0.29) is 22.8 Å². The zero-order valence-corrected chi connectivity index (χ0v) is 19.1. The molecular weight excluding hydrogens is 428 g/mol. The van der Waals surface area contributed by atoms with Crippen molar-refractivity contribution in [3.8, 4) is 5.75 Å². The van der Waals surface area contributed by atoms with Gasteiger partial charge in [-0.3, -0.25) is 4.79 Å². The largest absolute Gasteiger partial charge is 0.494 e. The molecule has 1 amide bonds. The van der Waals surface area contributed by atoms with E-state index in [0.29, 0.717) is 31.9 Å². The van der Waals surface area contributed by atoms with Crippen LogP contribution in [-0.2, 0) is 20.2 Å². The van der Waals surface area contributed by atoms with Gasteiger partial charge >= 0.3 is 0 Å². The lowest BCUT2D eigenvalue weighted by atomic mass is 9.74. The third kappa shape index (κ3) is 5.76. The molecule has 1 aliphatic rings. The molecule has 0 unspecified atom stereocenters. The Hall–Kier alpha value is -2.68. The smallest absolute Gasteiger partial charge is 0.251 e. The molecule has 1 fully saturated rings. The van der Waals surface area contributed by atoms with Gasteiger partial charge in [0.1, 0.15) is 5.75 Å². The fourth-order valence-electron chi connectivity index (χ4n) is 3.81. The van der Waals surface area contributed by atoms with Crippen molar-refractivity contribution in [3.05, 3.63) is 72.3 Å². The highest BCUT2D eigenvalue weighted by molar-refractivity contribution is 7.89. The SMILES string of the molecule is C=CCNS(=O)(=O)c1cccc(C(=O)NCC2(c3ccc(OCC)cc3)CCOCC2)c1. The first-order valence-corrected chi connectivity index (χ1v) is 12.2. The second-order valence-electron chi connectivity index (χ2n) is 7.70. The number of sulfonamides is 1. The fourth-order valence-corrected chi connectivity index (χ4v) is 4.85. The van der Waals surface area contributed by atoms with Crippen LogP contribution in [0.1, 0.15) is 35.7 Å². The van der Waals surface area contributed by atoms with Crippen LogP contribution in [0.15, 0.2) is 66.1 Å². The number of ether oxygens (including phenoxy) is 2. The summed E-state index contributed by atoms with van der Waals surface area (Å²) in [6.45, 7) is 7.83. The van der Waals surface area contributed by atoms with Gasteiger partial charge < -0.3 is 14.8 Å². The van der Waals surface area contributed by atoms with E-state index in [1.54, 1.807) is 12.1 Å². The van der Waals surface area contributed by atoms with Crippen LogP contribution in [0.5, 0.6) is 5.75 Å². The molecule has 172 valence electrons. The third-order valence-electron chi connectivity index (χ3n) is 5.64. The Labute approximate surface area is 189 Å². The predicted molar refractivity (Wildman–Crippen MR) is 124 cm³/mol. The van der Waals surface area contributed by atoms with Crippen molar-refractivity contribution in [1.82, 2.24) is 10.0 Å². The lowest BCUT2D eigenvalue weighted by Gasteiger charge is -2.38. The van der Waals surface area contributed by atoms with Crippen molar-refractivity contribution in [2.75, 3.05) is 32.9 Å². The van der Waals surface area contributed by atoms with E-state index >= 15 is 0 Å². The van der Waals surface area contributed by atoms with Crippen LogP contribution in [0.2, 0.25) is 0 Å². The Morgan fingerprint density at radius 3 is 2.56 bits per heavy atom. The van der Waals surface area contributed by atoms with Crippen LogP contribution >= 0.6 is 0 Å². The third-order valence-corrected chi connectivity index (χ3v) is 7.06. The van der Waals surface area contributed by atoms with Crippen molar-refractivity contribution < 1.29 is 22.7 Å². The molecule has 0 radical (unpaired) electrons. The van der Waals surface area contributed by atoms with Crippen LogP contribution in [0, 0.1) is 0 Å². The molecule has 2 aromatic rings. The predicted octanol–water partition coefficient (Wildman–Crippen LogP) is 3.03. The maximum atomic E-state index is 12.9. The van der Waals surface area contributed by atoms with E-state index in [0.717, 1.165) is 24.2 Å². The average Bonchev–Trinajstić information content (AvgIpc) is 2.82. The molecule has 3 rings (SSSR count). The van der Waals surface area contributed by atoms with E-state index in [9.17, 15) is 13.2 Å². The Morgan fingerprint density at radius 2 is 1.91 bits per heavy atom. The highest BCUT2D eigenvalue weighted by Crippen LogP contribution is 2.35. The molecule has 2 N–H and O–H groups in total. The minimum atomic E-state index is -3.71. The van der Waals surface area contributed by atoms with Gasteiger partial charge in [0.2, 0.25) is 10.0 Å². The minimum Gasteiger partial charge on any atom is -0.494 e. The van der Waals surface area contributed by atoms with Gasteiger partial charge in [-0.1, -0.05) is 24.3 Å². The van der Waals surface area contributed by atoms with Crippen LogP contribution in [-0.4, -0.2) is 47.2 Å². The second-order valence-corrected chi connectivity index (χ2v) is 9.47. The number of amides is 1. The molecule has 0 aromatic heterocycles. The van der Waals surface area contributed by atoms with Gasteiger partial charge in [0, 0.05) is 37.3 Å². The number of carbonyl (C=O) groups excluding carboxylic acids is 1. The van der Waals surface area contributed by atoms with E-state index in [1.165, 1.54) is 18.2 Å². The van der Waals surface area contributed by atoms with E-state index in [1.807, 2.05) is 31.2 Å². The molecule has 1 saturated heterocycles. The van der Waals surface area contributed by atoms with Crippen molar-refractivity contribution in [2.24, 2.45) is 0 Å². The normalized spacial score (nSPS) is 15.7. The Balaban J connectivity index is 1.76. The number of hydrogen-bond donors (Lipinski definition) is 2. The summed E-state index contributed by atoms with van der Waals surface area (Å²) in [6.07, 6.45) is 3.02.